The first-order valence-electron chi connectivity index (χ1n) is 7.37. The van der Waals surface area contributed by atoms with Crippen LogP contribution in [0.2, 0.25) is 0 Å². The van der Waals surface area contributed by atoms with E-state index in [0.29, 0.717) is 4.90 Å². The van der Waals surface area contributed by atoms with Crippen LogP contribution >= 0.6 is 11.8 Å². The standard InChI is InChI=1S/C16H26FNS/c1-2-3-4-5-6-7-10-14(18)13-19-16-12-9-8-11-15(16)17/h8-9,11-12,14H,2-7,10,13,18H2,1H3. The van der Waals surface area contributed by atoms with E-state index in [1.54, 1.807) is 6.07 Å². The summed E-state index contributed by atoms with van der Waals surface area (Å²) in [6.07, 6.45) is 8.82. The van der Waals surface area contributed by atoms with Gasteiger partial charge < -0.3 is 5.73 Å². The maximum Gasteiger partial charge on any atom is 0.136 e. The van der Waals surface area contributed by atoms with Gasteiger partial charge in [0.15, 0.2) is 0 Å². The van der Waals surface area contributed by atoms with Gasteiger partial charge in [-0.25, -0.2) is 4.39 Å². The van der Waals surface area contributed by atoms with Gasteiger partial charge in [0.1, 0.15) is 5.82 Å². The van der Waals surface area contributed by atoms with E-state index in [1.165, 1.54) is 56.4 Å². The van der Waals surface area contributed by atoms with Gasteiger partial charge in [0, 0.05) is 16.7 Å². The molecule has 0 aliphatic carbocycles. The molecule has 108 valence electrons. The summed E-state index contributed by atoms with van der Waals surface area (Å²) >= 11 is 1.53. The second kappa shape index (κ2) is 10.3. The highest BCUT2D eigenvalue weighted by Gasteiger charge is 2.06. The number of hydrogen-bond donors (Lipinski definition) is 1. The van der Waals surface area contributed by atoms with Crippen molar-refractivity contribution in [3.63, 3.8) is 0 Å². The zero-order chi connectivity index (χ0) is 13.9. The number of unbranched alkanes of at least 4 members (excludes halogenated alkanes) is 5. The molecule has 1 aromatic carbocycles. The second-order valence-corrected chi connectivity index (χ2v) is 6.12. The monoisotopic (exact) mass is 283 g/mol. The summed E-state index contributed by atoms with van der Waals surface area (Å²) in [5.74, 6) is 0.662. The maximum atomic E-state index is 13.4. The fourth-order valence-corrected chi connectivity index (χ4v) is 2.97. The number of halogens is 1. The summed E-state index contributed by atoms with van der Waals surface area (Å²) in [5.41, 5.74) is 6.07. The van der Waals surface area contributed by atoms with Crippen LogP contribution in [0, 0.1) is 5.82 Å². The van der Waals surface area contributed by atoms with Crippen molar-refractivity contribution in [3.8, 4) is 0 Å². The number of rotatable bonds is 10. The summed E-state index contributed by atoms with van der Waals surface area (Å²) in [6, 6.07) is 7.08. The average Bonchev–Trinajstić information content (AvgIpc) is 2.42. The first-order chi connectivity index (χ1) is 9.24. The minimum atomic E-state index is -0.140. The summed E-state index contributed by atoms with van der Waals surface area (Å²) < 4.78 is 13.4. The van der Waals surface area contributed by atoms with E-state index in [9.17, 15) is 4.39 Å². The molecule has 0 spiro atoms. The first-order valence-corrected chi connectivity index (χ1v) is 8.35. The van der Waals surface area contributed by atoms with E-state index in [1.807, 2.05) is 12.1 Å². The molecule has 1 nitrogen and oxygen atoms in total. The Bertz CT molecular complexity index is 343. The van der Waals surface area contributed by atoms with E-state index in [0.717, 1.165) is 12.2 Å². The van der Waals surface area contributed by atoms with Crippen LogP contribution in [0.4, 0.5) is 4.39 Å². The van der Waals surface area contributed by atoms with E-state index in [4.69, 9.17) is 5.73 Å². The van der Waals surface area contributed by atoms with E-state index >= 15 is 0 Å². The van der Waals surface area contributed by atoms with Crippen molar-refractivity contribution in [2.24, 2.45) is 5.73 Å². The Labute approximate surface area is 121 Å². The van der Waals surface area contributed by atoms with Crippen LogP contribution in [0.25, 0.3) is 0 Å². The third-order valence-corrected chi connectivity index (χ3v) is 4.45. The topological polar surface area (TPSA) is 26.0 Å². The van der Waals surface area contributed by atoms with Crippen molar-refractivity contribution in [3.05, 3.63) is 30.1 Å². The Balaban J connectivity index is 2.08. The van der Waals surface area contributed by atoms with Gasteiger partial charge in [0.05, 0.1) is 0 Å². The third-order valence-electron chi connectivity index (χ3n) is 3.22. The SMILES string of the molecule is CCCCCCCCC(N)CSc1ccccc1F. The molecule has 0 fully saturated rings. The van der Waals surface area contributed by atoms with Gasteiger partial charge in [0.2, 0.25) is 0 Å². The van der Waals surface area contributed by atoms with Crippen LogP contribution in [0.5, 0.6) is 0 Å². The van der Waals surface area contributed by atoms with Gasteiger partial charge in [0.25, 0.3) is 0 Å². The lowest BCUT2D eigenvalue weighted by molar-refractivity contribution is 0.556. The second-order valence-electron chi connectivity index (χ2n) is 5.06. The van der Waals surface area contributed by atoms with E-state index in [-0.39, 0.29) is 11.9 Å². The summed E-state index contributed by atoms with van der Waals surface area (Å²) in [7, 11) is 0. The van der Waals surface area contributed by atoms with Crippen LogP contribution in [0.15, 0.2) is 29.2 Å². The van der Waals surface area contributed by atoms with Gasteiger partial charge >= 0.3 is 0 Å². The maximum absolute atomic E-state index is 13.4. The van der Waals surface area contributed by atoms with Crippen molar-refractivity contribution < 1.29 is 4.39 Å². The molecular formula is C16H26FNS. The lowest BCUT2D eigenvalue weighted by Crippen LogP contribution is -2.22. The number of hydrogen-bond acceptors (Lipinski definition) is 2. The lowest BCUT2D eigenvalue weighted by Gasteiger charge is -2.11. The van der Waals surface area contributed by atoms with Crippen molar-refractivity contribution >= 4 is 11.8 Å². The highest BCUT2D eigenvalue weighted by Crippen LogP contribution is 2.22. The molecule has 0 radical (unpaired) electrons. The Morgan fingerprint density at radius 3 is 2.53 bits per heavy atom. The molecule has 0 aliphatic heterocycles. The van der Waals surface area contributed by atoms with Crippen molar-refractivity contribution in [2.75, 3.05) is 5.75 Å². The fraction of sp³-hybridized carbons (Fsp3) is 0.625. The van der Waals surface area contributed by atoms with Crippen LogP contribution < -0.4 is 5.73 Å². The van der Waals surface area contributed by atoms with E-state index in [2.05, 4.69) is 6.92 Å². The quantitative estimate of drug-likeness (QED) is 0.483. The molecule has 1 atom stereocenters. The third kappa shape index (κ3) is 7.58. The number of thioether (sulfide) groups is 1. The average molecular weight is 283 g/mol. The fourth-order valence-electron chi connectivity index (χ4n) is 2.03. The number of benzene rings is 1. The Morgan fingerprint density at radius 1 is 1.11 bits per heavy atom. The molecule has 2 N–H and O–H groups in total. The van der Waals surface area contributed by atoms with Crippen LogP contribution in [-0.2, 0) is 0 Å². The molecule has 0 amide bonds. The predicted octanol–water partition coefficient (Wildman–Crippen LogP) is 5.00. The van der Waals surface area contributed by atoms with Gasteiger partial charge in [-0.05, 0) is 18.6 Å². The molecule has 0 aliphatic rings. The Morgan fingerprint density at radius 2 is 1.79 bits per heavy atom. The Hall–Kier alpha value is -0.540. The van der Waals surface area contributed by atoms with Gasteiger partial charge in [-0.3, -0.25) is 0 Å². The molecule has 1 aromatic rings. The molecule has 0 saturated heterocycles. The first kappa shape index (κ1) is 16.5. The van der Waals surface area contributed by atoms with Gasteiger partial charge in [-0.2, -0.15) is 0 Å². The van der Waals surface area contributed by atoms with E-state index < -0.39 is 0 Å². The minimum Gasteiger partial charge on any atom is -0.327 e. The van der Waals surface area contributed by atoms with Crippen molar-refractivity contribution in [1.82, 2.24) is 0 Å². The normalized spacial score (nSPS) is 12.6. The van der Waals surface area contributed by atoms with Crippen LogP contribution in [0.3, 0.4) is 0 Å². The molecular weight excluding hydrogens is 257 g/mol. The highest BCUT2D eigenvalue weighted by atomic mass is 32.2. The molecule has 19 heavy (non-hydrogen) atoms. The van der Waals surface area contributed by atoms with Gasteiger partial charge in [-0.15, -0.1) is 11.8 Å². The number of nitrogens with two attached hydrogens (primary N) is 1. The minimum absolute atomic E-state index is 0.140. The largest absolute Gasteiger partial charge is 0.327 e. The molecule has 0 bridgehead atoms. The molecule has 3 heteroatoms. The molecule has 0 saturated carbocycles. The zero-order valence-electron chi connectivity index (χ0n) is 11.9. The van der Waals surface area contributed by atoms with Crippen molar-refractivity contribution in [2.45, 2.75) is 62.8 Å². The summed E-state index contributed by atoms with van der Waals surface area (Å²) in [6.45, 7) is 2.23. The highest BCUT2D eigenvalue weighted by molar-refractivity contribution is 7.99. The molecule has 0 aromatic heterocycles. The summed E-state index contributed by atoms with van der Waals surface area (Å²) in [4.78, 5) is 0.709. The Kier molecular flexibility index (Phi) is 8.93. The summed E-state index contributed by atoms with van der Waals surface area (Å²) in [5, 5.41) is 0. The smallest absolute Gasteiger partial charge is 0.136 e. The van der Waals surface area contributed by atoms with Crippen LogP contribution in [-0.4, -0.2) is 11.8 Å². The molecule has 0 heterocycles. The molecule has 1 unspecified atom stereocenters. The molecule has 1 rings (SSSR count). The van der Waals surface area contributed by atoms with Gasteiger partial charge in [-0.1, -0.05) is 57.6 Å². The lowest BCUT2D eigenvalue weighted by atomic mass is 10.1. The zero-order valence-corrected chi connectivity index (χ0v) is 12.7. The predicted molar refractivity (Wildman–Crippen MR) is 83.1 cm³/mol. The van der Waals surface area contributed by atoms with Crippen LogP contribution in [0.1, 0.15) is 51.9 Å². The van der Waals surface area contributed by atoms with Crippen molar-refractivity contribution in [1.29, 1.82) is 0 Å².